The summed E-state index contributed by atoms with van der Waals surface area (Å²) < 4.78 is 23.2. The van der Waals surface area contributed by atoms with Gasteiger partial charge in [0.05, 0.1) is 12.2 Å². The SMILES string of the molecule is CC(C)OP(=O)(CC(=O)N1CCCC1)OC(C)C. The molecule has 0 unspecified atom stereocenters. The molecule has 106 valence electrons. The zero-order valence-corrected chi connectivity index (χ0v) is 12.6. The van der Waals surface area contributed by atoms with Crippen molar-refractivity contribution in [3.8, 4) is 0 Å². The number of carbonyl (C=O) groups is 1. The summed E-state index contributed by atoms with van der Waals surface area (Å²) in [6.07, 6.45) is 1.45. The first-order valence-electron chi connectivity index (χ1n) is 6.56. The van der Waals surface area contributed by atoms with Crippen LogP contribution in [0.5, 0.6) is 0 Å². The lowest BCUT2D eigenvalue weighted by Crippen LogP contribution is -2.31. The van der Waals surface area contributed by atoms with E-state index in [1.54, 1.807) is 32.6 Å². The lowest BCUT2D eigenvalue weighted by molar-refractivity contribution is -0.127. The van der Waals surface area contributed by atoms with Gasteiger partial charge < -0.3 is 13.9 Å². The van der Waals surface area contributed by atoms with Crippen molar-refractivity contribution in [1.29, 1.82) is 0 Å². The van der Waals surface area contributed by atoms with Gasteiger partial charge >= 0.3 is 7.60 Å². The summed E-state index contributed by atoms with van der Waals surface area (Å²) in [5.74, 6) is -0.128. The molecule has 1 saturated heterocycles. The second-order valence-electron chi connectivity index (χ2n) is 5.17. The van der Waals surface area contributed by atoms with Gasteiger partial charge in [0.1, 0.15) is 6.16 Å². The molecular formula is C12H24NO4P. The van der Waals surface area contributed by atoms with Crippen LogP contribution in [0, 0.1) is 0 Å². The van der Waals surface area contributed by atoms with Crippen LogP contribution in [0.25, 0.3) is 0 Å². The molecule has 0 spiro atoms. The summed E-state index contributed by atoms with van der Waals surface area (Å²) in [6, 6.07) is 0. The molecule has 1 amide bonds. The average Bonchev–Trinajstić information content (AvgIpc) is 2.65. The van der Waals surface area contributed by atoms with E-state index in [0.29, 0.717) is 0 Å². The van der Waals surface area contributed by atoms with Crippen molar-refractivity contribution in [2.45, 2.75) is 52.7 Å². The van der Waals surface area contributed by atoms with Gasteiger partial charge in [-0.3, -0.25) is 9.36 Å². The Morgan fingerprint density at radius 1 is 1.11 bits per heavy atom. The van der Waals surface area contributed by atoms with Gasteiger partial charge in [-0.2, -0.15) is 0 Å². The molecule has 0 aromatic heterocycles. The molecule has 0 atom stereocenters. The third-order valence-electron chi connectivity index (χ3n) is 2.53. The zero-order valence-electron chi connectivity index (χ0n) is 11.7. The Kier molecular flexibility index (Phi) is 5.83. The Hall–Kier alpha value is -0.380. The smallest absolute Gasteiger partial charge is 0.340 e. The van der Waals surface area contributed by atoms with E-state index in [1.807, 2.05) is 0 Å². The van der Waals surface area contributed by atoms with Crippen molar-refractivity contribution in [3.05, 3.63) is 0 Å². The molecule has 1 fully saturated rings. The minimum Gasteiger partial charge on any atom is -0.342 e. The number of hydrogen-bond donors (Lipinski definition) is 0. The lowest BCUT2D eigenvalue weighted by atomic mass is 10.4. The first kappa shape index (κ1) is 15.7. The van der Waals surface area contributed by atoms with E-state index >= 15 is 0 Å². The standard InChI is InChI=1S/C12H24NO4P/c1-10(2)16-18(15,17-11(3)4)9-12(14)13-7-5-6-8-13/h10-11H,5-9H2,1-4H3. The lowest BCUT2D eigenvalue weighted by Gasteiger charge is -2.24. The first-order valence-corrected chi connectivity index (χ1v) is 8.29. The van der Waals surface area contributed by atoms with Crippen LogP contribution in [0.4, 0.5) is 0 Å². The molecule has 1 aliphatic heterocycles. The summed E-state index contributed by atoms with van der Waals surface area (Å²) >= 11 is 0. The van der Waals surface area contributed by atoms with Crippen LogP contribution in [-0.4, -0.2) is 42.3 Å². The minimum absolute atomic E-state index is 0.128. The van der Waals surface area contributed by atoms with Crippen molar-refractivity contribution in [2.75, 3.05) is 19.3 Å². The van der Waals surface area contributed by atoms with Gasteiger partial charge in [-0.1, -0.05) is 0 Å². The average molecular weight is 277 g/mol. The summed E-state index contributed by atoms with van der Waals surface area (Å²) in [4.78, 5) is 13.8. The highest BCUT2D eigenvalue weighted by Crippen LogP contribution is 2.50. The fraction of sp³-hybridized carbons (Fsp3) is 0.917. The van der Waals surface area contributed by atoms with Crippen molar-refractivity contribution >= 4 is 13.5 Å². The monoisotopic (exact) mass is 277 g/mol. The molecule has 18 heavy (non-hydrogen) atoms. The molecule has 1 rings (SSSR count). The van der Waals surface area contributed by atoms with Gasteiger partial charge in [-0.05, 0) is 40.5 Å². The molecule has 0 radical (unpaired) electrons. The molecule has 0 bridgehead atoms. The van der Waals surface area contributed by atoms with Gasteiger partial charge in [0.15, 0.2) is 0 Å². The molecule has 0 N–H and O–H groups in total. The normalized spacial score (nSPS) is 16.9. The maximum Gasteiger partial charge on any atom is 0.340 e. The van der Waals surface area contributed by atoms with Gasteiger partial charge in [0, 0.05) is 13.1 Å². The number of hydrogen-bond acceptors (Lipinski definition) is 4. The summed E-state index contributed by atoms with van der Waals surface area (Å²) in [6.45, 7) is 8.66. The third kappa shape index (κ3) is 5.09. The molecule has 6 heteroatoms. The Bertz CT molecular complexity index is 310. The van der Waals surface area contributed by atoms with Gasteiger partial charge in [-0.15, -0.1) is 0 Å². The molecule has 0 aromatic rings. The molecule has 0 aromatic carbocycles. The number of amides is 1. The zero-order chi connectivity index (χ0) is 13.8. The predicted octanol–water partition coefficient (Wildman–Crippen LogP) is 2.65. The number of nitrogens with zero attached hydrogens (tertiary/aromatic N) is 1. The highest BCUT2D eigenvalue weighted by molar-refractivity contribution is 7.54. The molecule has 0 saturated carbocycles. The number of rotatable bonds is 6. The fourth-order valence-electron chi connectivity index (χ4n) is 1.97. The number of likely N-dealkylation sites (tertiary alicyclic amines) is 1. The minimum atomic E-state index is -3.33. The van der Waals surface area contributed by atoms with E-state index in [0.717, 1.165) is 25.9 Å². The molecule has 1 aliphatic rings. The van der Waals surface area contributed by atoms with E-state index in [1.165, 1.54) is 0 Å². The van der Waals surface area contributed by atoms with Crippen LogP contribution >= 0.6 is 7.60 Å². The molecule has 1 heterocycles. The van der Waals surface area contributed by atoms with Crippen LogP contribution in [0.1, 0.15) is 40.5 Å². The van der Waals surface area contributed by atoms with Crippen LogP contribution in [0.3, 0.4) is 0 Å². The van der Waals surface area contributed by atoms with Gasteiger partial charge in [0.25, 0.3) is 0 Å². The summed E-state index contributed by atoms with van der Waals surface area (Å²) in [5.41, 5.74) is 0. The van der Waals surface area contributed by atoms with Crippen molar-refractivity contribution in [1.82, 2.24) is 4.90 Å². The Morgan fingerprint density at radius 2 is 1.56 bits per heavy atom. The number of carbonyl (C=O) groups excluding carboxylic acids is 1. The van der Waals surface area contributed by atoms with Crippen LogP contribution < -0.4 is 0 Å². The van der Waals surface area contributed by atoms with E-state index in [9.17, 15) is 9.36 Å². The van der Waals surface area contributed by atoms with Crippen LogP contribution in [-0.2, 0) is 18.4 Å². The predicted molar refractivity (Wildman–Crippen MR) is 70.7 cm³/mol. The van der Waals surface area contributed by atoms with Crippen LogP contribution in [0.15, 0.2) is 0 Å². The second-order valence-corrected chi connectivity index (χ2v) is 7.12. The molecular weight excluding hydrogens is 253 g/mol. The summed E-state index contributed by atoms with van der Waals surface area (Å²) in [7, 11) is -3.33. The Balaban J connectivity index is 2.65. The topological polar surface area (TPSA) is 55.8 Å². The van der Waals surface area contributed by atoms with E-state index in [2.05, 4.69) is 0 Å². The molecule has 5 nitrogen and oxygen atoms in total. The summed E-state index contributed by atoms with van der Waals surface area (Å²) in [5, 5.41) is 0. The maximum atomic E-state index is 12.5. The van der Waals surface area contributed by atoms with Crippen LogP contribution in [0.2, 0.25) is 0 Å². The maximum absolute atomic E-state index is 12.5. The van der Waals surface area contributed by atoms with E-state index in [4.69, 9.17) is 9.05 Å². The van der Waals surface area contributed by atoms with Gasteiger partial charge in [-0.25, -0.2) is 0 Å². The van der Waals surface area contributed by atoms with Crippen molar-refractivity contribution < 1.29 is 18.4 Å². The van der Waals surface area contributed by atoms with Gasteiger partial charge in [0.2, 0.25) is 5.91 Å². The van der Waals surface area contributed by atoms with Crippen molar-refractivity contribution in [2.24, 2.45) is 0 Å². The largest absolute Gasteiger partial charge is 0.342 e. The fourth-order valence-corrected chi connectivity index (χ4v) is 3.99. The first-order chi connectivity index (χ1) is 8.32. The quantitative estimate of drug-likeness (QED) is 0.700. The Morgan fingerprint density at radius 3 is 1.94 bits per heavy atom. The Labute approximate surface area is 109 Å². The highest BCUT2D eigenvalue weighted by Gasteiger charge is 2.33. The van der Waals surface area contributed by atoms with E-state index in [-0.39, 0.29) is 24.3 Å². The highest BCUT2D eigenvalue weighted by atomic mass is 31.2. The third-order valence-corrected chi connectivity index (χ3v) is 4.67. The second kappa shape index (κ2) is 6.69. The molecule has 0 aliphatic carbocycles. The van der Waals surface area contributed by atoms with Crippen molar-refractivity contribution in [3.63, 3.8) is 0 Å². The van der Waals surface area contributed by atoms with E-state index < -0.39 is 7.60 Å².